The van der Waals surface area contributed by atoms with E-state index in [0.717, 1.165) is 19.0 Å². The summed E-state index contributed by atoms with van der Waals surface area (Å²) >= 11 is 5.25. The number of nitrogens with two attached hydrogens (primary N) is 1. The summed E-state index contributed by atoms with van der Waals surface area (Å²) in [4.78, 5) is 1.39. The van der Waals surface area contributed by atoms with Crippen molar-refractivity contribution in [2.45, 2.75) is 25.4 Å². The summed E-state index contributed by atoms with van der Waals surface area (Å²) in [6.45, 7) is 2.10. The topological polar surface area (TPSA) is 38.0 Å². The molecule has 2 nitrogen and oxygen atoms in total. The van der Waals surface area contributed by atoms with Gasteiger partial charge in [-0.1, -0.05) is 0 Å². The maximum absolute atomic E-state index is 5.72. The highest BCUT2D eigenvalue weighted by molar-refractivity contribution is 9.11. The van der Waals surface area contributed by atoms with Crippen LogP contribution in [0.2, 0.25) is 0 Å². The molecule has 1 aliphatic carbocycles. The summed E-state index contributed by atoms with van der Waals surface area (Å²) in [6.07, 6.45) is 2.39. The monoisotopic (exact) mass is 274 g/mol. The van der Waals surface area contributed by atoms with E-state index in [1.54, 1.807) is 11.3 Å². The maximum Gasteiger partial charge on any atom is 0.0701 e. The van der Waals surface area contributed by atoms with Crippen molar-refractivity contribution in [2.75, 3.05) is 6.54 Å². The summed E-state index contributed by atoms with van der Waals surface area (Å²) in [5.74, 6) is 0.813. The molecule has 14 heavy (non-hydrogen) atoms. The fraction of sp³-hybridized carbons (Fsp3) is 0.600. The highest BCUT2D eigenvalue weighted by atomic mass is 79.9. The average molecular weight is 275 g/mol. The standard InChI is InChI=1S/C10H15BrN2S/c11-10-2-1-9(14-10)6-13-5-7-3-8(12)4-7/h1-2,7-8,13H,3-6,12H2. The number of hydrogen-bond donors (Lipinski definition) is 2. The Morgan fingerprint density at radius 2 is 2.29 bits per heavy atom. The van der Waals surface area contributed by atoms with Crippen LogP contribution in [0.1, 0.15) is 17.7 Å². The van der Waals surface area contributed by atoms with E-state index in [9.17, 15) is 0 Å². The lowest BCUT2D eigenvalue weighted by Gasteiger charge is -2.32. The molecule has 1 aromatic heterocycles. The van der Waals surface area contributed by atoms with Crippen molar-refractivity contribution in [3.8, 4) is 0 Å². The van der Waals surface area contributed by atoms with Crippen molar-refractivity contribution in [3.05, 3.63) is 20.8 Å². The minimum Gasteiger partial charge on any atom is -0.328 e. The van der Waals surface area contributed by atoms with Gasteiger partial charge in [0.2, 0.25) is 0 Å². The van der Waals surface area contributed by atoms with Crippen LogP contribution in [0.3, 0.4) is 0 Å². The number of rotatable bonds is 4. The number of hydrogen-bond acceptors (Lipinski definition) is 3. The zero-order chi connectivity index (χ0) is 9.97. The fourth-order valence-electron chi connectivity index (χ4n) is 1.80. The van der Waals surface area contributed by atoms with Crippen molar-refractivity contribution in [1.82, 2.24) is 5.32 Å². The predicted octanol–water partition coefficient (Wildman–Crippen LogP) is 2.34. The molecule has 1 aliphatic rings. The molecule has 0 amide bonds. The molecule has 0 spiro atoms. The molecule has 78 valence electrons. The summed E-state index contributed by atoms with van der Waals surface area (Å²) < 4.78 is 1.21. The van der Waals surface area contributed by atoms with Gasteiger partial charge in [0, 0.05) is 17.5 Å². The van der Waals surface area contributed by atoms with E-state index >= 15 is 0 Å². The largest absolute Gasteiger partial charge is 0.328 e. The highest BCUT2D eigenvalue weighted by Crippen LogP contribution is 2.25. The minimum atomic E-state index is 0.470. The van der Waals surface area contributed by atoms with Crippen LogP contribution >= 0.6 is 27.3 Å². The van der Waals surface area contributed by atoms with E-state index in [-0.39, 0.29) is 0 Å². The Morgan fingerprint density at radius 1 is 1.50 bits per heavy atom. The molecule has 1 saturated carbocycles. The van der Waals surface area contributed by atoms with Crippen LogP contribution in [0.5, 0.6) is 0 Å². The van der Waals surface area contributed by atoms with E-state index < -0.39 is 0 Å². The molecule has 0 bridgehead atoms. The summed E-state index contributed by atoms with van der Waals surface area (Å²) in [5.41, 5.74) is 5.72. The van der Waals surface area contributed by atoms with Gasteiger partial charge >= 0.3 is 0 Å². The van der Waals surface area contributed by atoms with Gasteiger partial charge in [-0.2, -0.15) is 0 Å². The summed E-state index contributed by atoms with van der Waals surface area (Å²) in [5, 5.41) is 3.47. The Morgan fingerprint density at radius 3 is 2.86 bits per heavy atom. The Balaban J connectivity index is 1.63. The summed E-state index contributed by atoms with van der Waals surface area (Å²) in [6, 6.07) is 4.73. The molecule has 4 heteroatoms. The Hall–Kier alpha value is 0.1000. The molecule has 1 heterocycles. The SMILES string of the molecule is NC1CC(CNCc2ccc(Br)s2)C1. The van der Waals surface area contributed by atoms with Gasteiger partial charge in [0.05, 0.1) is 3.79 Å². The Labute approximate surface area is 97.0 Å². The summed E-state index contributed by atoms with van der Waals surface area (Å²) in [7, 11) is 0. The first-order valence-electron chi connectivity index (χ1n) is 4.94. The van der Waals surface area contributed by atoms with E-state index in [2.05, 4.69) is 33.4 Å². The molecule has 3 N–H and O–H groups in total. The van der Waals surface area contributed by atoms with Crippen LogP contribution in [-0.4, -0.2) is 12.6 Å². The van der Waals surface area contributed by atoms with Crippen LogP contribution in [0.25, 0.3) is 0 Å². The zero-order valence-electron chi connectivity index (χ0n) is 8.00. The van der Waals surface area contributed by atoms with Crippen LogP contribution in [0, 0.1) is 5.92 Å². The van der Waals surface area contributed by atoms with Gasteiger partial charge in [-0.05, 0) is 53.4 Å². The van der Waals surface area contributed by atoms with E-state index in [1.165, 1.54) is 21.5 Å². The average Bonchev–Trinajstić information content (AvgIpc) is 2.48. The van der Waals surface area contributed by atoms with Crippen molar-refractivity contribution >= 4 is 27.3 Å². The van der Waals surface area contributed by atoms with Crippen molar-refractivity contribution in [2.24, 2.45) is 11.7 Å². The quantitative estimate of drug-likeness (QED) is 0.885. The van der Waals surface area contributed by atoms with Gasteiger partial charge < -0.3 is 11.1 Å². The normalized spacial score (nSPS) is 26.1. The van der Waals surface area contributed by atoms with Gasteiger partial charge in [-0.3, -0.25) is 0 Å². The smallest absolute Gasteiger partial charge is 0.0701 e. The van der Waals surface area contributed by atoms with E-state index in [1.807, 2.05) is 0 Å². The first-order valence-corrected chi connectivity index (χ1v) is 6.55. The second-order valence-electron chi connectivity index (χ2n) is 3.93. The lowest BCUT2D eigenvalue weighted by molar-refractivity contribution is 0.256. The molecule has 0 atom stereocenters. The zero-order valence-corrected chi connectivity index (χ0v) is 10.4. The van der Waals surface area contributed by atoms with E-state index in [4.69, 9.17) is 5.73 Å². The first kappa shape index (κ1) is 10.6. The van der Waals surface area contributed by atoms with Crippen LogP contribution in [0.4, 0.5) is 0 Å². The molecule has 0 saturated heterocycles. The van der Waals surface area contributed by atoms with Crippen molar-refractivity contribution in [3.63, 3.8) is 0 Å². The highest BCUT2D eigenvalue weighted by Gasteiger charge is 2.24. The third-order valence-electron chi connectivity index (χ3n) is 2.63. The molecular weight excluding hydrogens is 260 g/mol. The molecule has 1 aromatic rings. The van der Waals surface area contributed by atoms with Crippen molar-refractivity contribution in [1.29, 1.82) is 0 Å². The number of nitrogens with one attached hydrogen (secondary N) is 1. The molecule has 2 rings (SSSR count). The maximum atomic E-state index is 5.72. The van der Waals surface area contributed by atoms with Crippen LogP contribution < -0.4 is 11.1 Å². The van der Waals surface area contributed by atoms with Gasteiger partial charge in [0.25, 0.3) is 0 Å². The van der Waals surface area contributed by atoms with Crippen molar-refractivity contribution < 1.29 is 0 Å². The van der Waals surface area contributed by atoms with Gasteiger partial charge in [0.15, 0.2) is 0 Å². The second-order valence-corrected chi connectivity index (χ2v) is 6.48. The molecule has 0 aromatic carbocycles. The lowest BCUT2D eigenvalue weighted by atomic mass is 9.81. The molecule has 0 unspecified atom stereocenters. The Bertz CT molecular complexity index is 294. The fourth-order valence-corrected chi connectivity index (χ4v) is 3.25. The Kier molecular flexibility index (Phi) is 3.60. The first-order chi connectivity index (χ1) is 6.74. The molecule has 0 radical (unpaired) electrons. The molecule has 1 fully saturated rings. The van der Waals surface area contributed by atoms with Gasteiger partial charge in [-0.25, -0.2) is 0 Å². The van der Waals surface area contributed by atoms with Gasteiger partial charge in [-0.15, -0.1) is 11.3 Å². The molecule has 0 aliphatic heterocycles. The predicted molar refractivity (Wildman–Crippen MR) is 64.4 cm³/mol. The number of thiophene rings is 1. The van der Waals surface area contributed by atoms with E-state index in [0.29, 0.717) is 6.04 Å². The second kappa shape index (κ2) is 4.75. The third-order valence-corrected chi connectivity index (χ3v) is 4.26. The van der Waals surface area contributed by atoms with Crippen LogP contribution in [-0.2, 0) is 6.54 Å². The van der Waals surface area contributed by atoms with Crippen LogP contribution in [0.15, 0.2) is 15.9 Å². The van der Waals surface area contributed by atoms with Gasteiger partial charge in [0.1, 0.15) is 0 Å². The minimum absolute atomic E-state index is 0.470. The lowest BCUT2D eigenvalue weighted by Crippen LogP contribution is -2.41. The molecular formula is C10H15BrN2S. The third kappa shape index (κ3) is 2.79. The number of halogens is 1.